The second-order valence-corrected chi connectivity index (χ2v) is 8.53. The Bertz CT molecular complexity index is 759. The molecule has 3 rings (SSSR count). The van der Waals surface area contributed by atoms with Crippen molar-refractivity contribution in [2.75, 3.05) is 26.2 Å². The average Bonchev–Trinajstić information content (AvgIpc) is 2.74. The Labute approximate surface area is 171 Å². The van der Waals surface area contributed by atoms with E-state index in [0.717, 1.165) is 17.7 Å². The molecule has 148 valence electrons. The summed E-state index contributed by atoms with van der Waals surface area (Å²) >= 11 is 1.59. The number of aryl methyl sites for hydroxylation is 1. The first kappa shape index (κ1) is 20.5. The first-order valence-corrected chi connectivity index (χ1v) is 10.8. The predicted octanol–water partition coefficient (Wildman–Crippen LogP) is 3.86. The molecule has 2 amide bonds. The van der Waals surface area contributed by atoms with E-state index in [1.165, 1.54) is 5.56 Å². The van der Waals surface area contributed by atoms with Gasteiger partial charge in [0.2, 0.25) is 11.8 Å². The van der Waals surface area contributed by atoms with Crippen molar-refractivity contribution >= 4 is 23.6 Å². The smallest absolute Gasteiger partial charge is 0.235 e. The normalized spacial score (nSPS) is 15.3. The molecule has 1 aliphatic rings. The predicted molar refractivity (Wildman–Crippen MR) is 114 cm³/mol. The van der Waals surface area contributed by atoms with Crippen LogP contribution in [0.25, 0.3) is 0 Å². The summed E-state index contributed by atoms with van der Waals surface area (Å²) in [6.07, 6.45) is 2.37. The number of carbonyl (C=O) groups is 2. The lowest BCUT2D eigenvalue weighted by Gasteiger charge is -2.36. The zero-order valence-electron chi connectivity index (χ0n) is 16.4. The third kappa shape index (κ3) is 5.86. The lowest BCUT2D eigenvalue weighted by Crippen LogP contribution is -2.52. The maximum absolute atomic E-state index is 12.7. The van der Waals surface area contributed by atoms with Crippen LogP contribution in [0.1, 0.15) is 25.3 Å². The third-order valence-corrected chi connectivity index (χ3v) is 6.15. The van der Waals surface area contributed by atoms with Gasteiger partial charge in [0.05, 0.1) is 5.25 Å². The fraction of sp³-hybridized carbons (Fsp3) is 0.391. The van der Waals surface area contributed by atoms with E-state index >= 15 is 0 Å². The van der Waals surface area contributed by atoms with Gasteiger partial charge in [0.1, 0.15) is 0 Å². The third-order valence-electron chi connectivity index (χ3n) is 5.05. The number of carbonyl (C=O) groups excluding carboxylic acids is 2. The van der Waals surface area contributed by atoms with Crippen LogP contribution >= 0.6 is 11.8 Å². The van der Waals surface area contributed by atoms with Gasteiger partial charge >= 0.3 is 0 Å². The summed E-state index contributed by atoms with van der Waals surface area (Å²) in [4.78, 5) is 30.1. The molecule has 2 aromatic carbocycles. The van der Waals surface area contributed by atoms with E-state index in [0.29, 0.717) is 32.6 Å². The van der Waals surface area contributed by atoms with Crippen molar-refractivity contribution in [3.8, 4) is 0 Å². The van der Waals surface area contributed by atoms with Gasteiger partial charge < -0.3 is 9.80 Å². The van der Waals surface area contributed by atoms with Gasteiger partial charge in [-0.15, -0.1) is 11.8 Å². The van der Waals surface area contributed by atoms with E-state index < -0.39 is 0 Å². The second kappa shape index (κ2) is 10.3. The van der Waals surface area contributed by atoms with Crippen molar-refractivity contribution in [2.45, 2.75) is 36.3 Å². The molecule has 28 heavy (non-hydrogen) atoms. The van der Waals surface area contributed by atoms with Gasteiger partial charge in [-0.3, -0.25) is 9.59 Å². The molecular weight excluding hydrogens is 368 g/mol. The van der Waals surface area contributed by atoms with Crippen LogP contribution < -0.4 is 0 Å². The Morgan fingerprint density at radius 1 is 0.893 bits per heavy atom. The topological polar surface area (TPSA) is 40.6 Å². The Morgan fingerprint density at radius 2 is 1.46 bits per heavy atom. The van der Waals surface area contributed by atoms with E-state index in [1.807, 2.05) is 65.3 Å². The summed E-state index contributed by atoms with van der Waals surface area (Å²) in [5.74, 6) is 0.361. The lowest BCUT2D eigenvalue weighted by atomic mass is 10.1. The van der Waals surface area contributed by atoms with Gasteiger partial charge in [0, 0.05) is 37.5 Å². The zero-order chi connectivity index (χ0) is 19.8. The molecular formula is C23H28N2O2S. The van der Waals surface area contributed by atoms with E-state index in [1.54, 1.807) is 11.8 Å². The highest BCUT2D eigenvalue weighted by molar-refractivity contribution is 8.00. The largest absolute Gasteiger partial charge is 0.339 e. The quantitative estimate of drug-likeness (QED) is 0.667. The Kier molecular flexibility index (Phi) is 7.54. The molecule has 0 spiro atoms. The molecule has 1 aliphatic heterocycles. The van der Waals surface area contributed by atoms with Crippen LogP contribution in [-0.2, 0) is 16.0 Å². The lowest BCUT2D eigenvalue weighted by molar-refractivity contribution is -0.139. The van der Waals surface area contributed by atoms with Gasteiger partial charge in [0.15, 0.2) is 0 Å². The number of piperazine rings is 1. The van der Waals surface area contributed by atoms with Crippen molar-refractivity contribution in [2.24, 2.45) is 0 Å². The van der Waals surface area contributed by atoms with Crippen LogP contribution in [0.5, 0.6) is 0 Å². The molecule has 0 saturated carbocycles. The van der Waals surface area contributed by atoms with Crippen LogP contribution in [0, 0.1) is 0 Å². The molecule has 4 nitrogen and oxygen atoms in total. The monoisotopic (exact) mass is 396 g/mol. The zero-order valence-corrected chi connectivity index (χ0v) is 17.2. The van der Waals surface area contributed by atoms with Crippen LogP contribution in [0.15, 0.2) is 65.6 Å². The van der Waals surface area contributed by atoms with Crippen molar-refractivity contribution in [1.29, 1.82) is 0 Å². The number of hydrogen-bond acceptors (Lipinski definition) is 3. The molecule has 5 heteroatoms. The SMILES string of the molecule is CC(Sc1ccccc1)C(=O)N1CCN(C(=O)CCCc2ccccc2)CC1. The number of hydrogen-bond donors (Lipinski definition) is 0. The first-order chi connectivity index (χ1) is 13.6. The molecule has 1 heterocycles. The van der Waals surface area contributed by atoms with Crippen LogP contribution in [-0.4, -0.2) is 53.0 Å². The molecule has 0 aliphatic carbocycles. The molecule has 1 unspecified atom stereocenters. The molecule has 1 fully saturated rings. The molecule has 0 N–H and O–H groups in total. The minimum absolute atomic E-state index is 0.115. The number of benzene rings is 2. The van der Waals surface area contributed by atoms with Crippen LogP contribution in [0.2, 0.25) is 0 Å². The highest BCUT2D eigenvalue weighted by Gasteiger charge is 2.27. The molecule has 0 bridgehead atoms. The summed E-state index contributed by atoms with van der Waals surface area (Å²) in [6.45, 7) is 4.49. The number of amides is 2. The van der Waals surface area contributed by atoms with Crippen molar-refractivity contribution < 1.29 is 9.59 Å². The summed E-state index contributed by atoms with van der Waals surface area (Å²) in [5.41, 5.74) is 1.27. The summed E-state index contributed by atoms with van der Waals surface area (Å²) in [7, 11) is 0. The van der Waals surface area contributed by atoms with E-state index in [4.69, 9.17) is 0 Å². The average molecular weight is 397 g/mol. The maximum Gasteiger partial charge on any atom is 0.235 e. The van der Waals surface area contributed by atoms with Crippen molar-refractivity contribution in [1.82, 2.24) is 9.80 Å². The van der Waals surface area contributed by atoms with Gasteiger partial charge in [-0.05, 0) is 37.5 Å². The number of rotatable bonds is 7. The Balaban J connectivity index is 1.39. The van der Waals surface area contributed by atoms with Gasteiger partial charge in [-0.25, -0.2) is 0 Å². The first-order valence-electron chi connectivity index (χ1n) is 9.95. The second-order valence-electron chi connectivity index (χ2n) is 7.12. The van der Waals surface area contributed by atoms with E-state index in [9.17, 15) is 9.59 Å². The standard InChI is InChI=1S/C23H28N2O2S/c1-19(28-21-12-6-3-7-13-21)23(27)25-17-15-24(16-18-25)22(26)14-8-11-20-9-4-2-5-10-20/h2-7,9-10,12-13,19H,8,11,14-18H2,1H3. The summed E-state index contributed by atoms with van der Waals surface area (Å²) < 4.78 is 0. The molecule has 0 radical (unpaired) electrons. The van der Waals surface area contributed by atoms with E-state index in [-0.39, 0.29) is 17.1 Å². The van der Waals surface area contributed by atoms with Crippen molar-refractivity contribution in [3.63, 3.8) is 0 Å². The fourth-order valence-corrected chi connectivity index (χ4v) is 4.41. The number of thioether (sulfide) groups is 1. The highest BCUT2D eigenvalue weighted by atomic mass is 32.2. The molecule has 1 atom stereocenters. The molecule has 0 aromatic heterocycles. The highest BCUT2D eigenvalue weighted by Crippen LogP contribution is 2.24. The summed E-state index contributed by atoms with van der Waals surface area (Å²) in [6, 6.07) is 20.3. The Hall–Kier alpha value is -2.27. The van der Waals surface area contributed by atoms with Crippen molar-refractivity contribution in [3.05, 3.63) is 66.2 Å². The van der Waals surface area contributed by atoms with Gasteiger partial charge in [-0.2, -0.15) is 0 Å². The van der Waals surface area contributed by atoms with Gasteiger partial charge in [-0.1, -0.05) is 48.5 Å². The minimum Gasteiger partial charge on any atom is -0.339 e. The fourth-order valence-electron chi connectivity index (χ4n) is 3.43. The Morgan fingerprint density at radius 3 is 2.11 bits per heavy atom. The number of nitrogens with zero attached hydrogens (tertiary/aromatic N) is 2. The van der Waals surface area contributed by atoms with E-state index in [2.05, 4.69) is 12.1 Å². The molecule has 2 aromatic rings. The van der Waals surface area contributed by atoms with Gasteiger partial charge in [0.25, 0.3) is 0 Å². The molecule has 1 saturated heterocycles. The maximum atomic E-state index is 12.7. The van der Waals surface area contributed by atoms with Crippen LogP contribution in [0.3, 0.4) is 0 Å². The minimum atomic E-state index is -0.115. The van der Waals surface area contributed by atoms with Crippen LogP contribution in [0.4, 0.5) is 0 Å². The summed E-state index contributed by atoms with van der Waals surface area (Å²) in [5, 5.41) is -0.115.